The highest BCUT2D eigenvalue weighted by Crippen LogP contribution is 2.29. The molecule has 0 fully saturated rings. The molecule has 0 spiro atoms. The van der Waals surface area contributed by atoms with Gasteiger partial charge in [-0.2, -0.15) is 0 Å². The minimum Gasteiger partial charge on any atom is -0.481 e. The lowest BCUT2D eigenvalue weighted by molar-refractivity contribution is -0.141. The number of anilines is 1. The monoisotopic (exact) mass is 294 g/mol. The number of fused-ring (bicyclic) bond motifs is 1. The van der Waals surface area contributed by atoms with Gasteiger partial charge in [0.05, 0.1) is 11.6 Å². The fraction of sp³-hybridized carbons (Fsp3) is 0.467. The summed E-state index contributed by atoms with van der Waals surface area (Å²) in [4.78, 5) is 26.5. The number of nitrogens with zero attached hydrogens (tertiary/aromatic N) is 2. The number of carboxylic acid groups (broad SMARTS) is 1. The fourth-order valence-corrected chi connectivity index (χ4v) is 2.47. The summed E-state index contributed by atoms with van der Waals surface area (Å²) in [6.45, 7) is 4.42. The fourth-order valence-electron chi connectivity index (χ4n) is 2.47. The van der Waals surface area contributed by atoms with Gasteiger partial charge < -0.3 is 10.0 Å². The lowest BCUT2D eigenvalue weighted by Gasteiger charge is -2.28. The Bertz CT molecular complexity index is 562. The zero-order valence-electron chi connectivity index (χ0n) is 12.2. The molecule has 0 aliphatic carbocycles. The maximum absolute atomic E-state index is 13.4. The van der Waals surface area contributed by atoms with Crippen LogP contribution in [0.4, 0.5) is 14.9 Å². The number of carbonyl (C=O) groups excluding carboxylic acids is 1. The minimum atomic E-state index is -0.936. The summed E-state index contributed by atoms with van der Waals surface area (Å²) >= 11 is 0. The first kappa shape index (κ1) is 15.3. The molecule has 114 valence electrons. The molecule has 1 heterocycles. The van der Waals surface area contributed by atoms with Gasteiger partial charge in [-0.25, -0.2) is 9.18 Å². The molecule has 2 amide bonds. The van der Waals surface area contributed by atoms with E-state index in [0.29, 0.717) is 25.2 Å². The van der Waals surface area contributed by atoms with Gasteiger partial charge in [0.25, 0.3) is 0 Å². The molecule has 5 nitrogen and oxygen atoms in total. The smallest absolute Gasteiger partial charge is 0.324 e. The second-order valence-electron chi connectivity index (χ2n) is 5.24. The van der Waals surface area contributed by atoms with E-state index < -0.39 is 11.9 Å². The van der Waals surface area contributed by atoms with Gasteiger partial charge in [0, 0.05) is 19.6 Å². The highest BCUT2D eigenvalue weighted by molar-refractivity contribution is 5.94. The van der Waals surface area contributed by atoms with Gasteiger partial charge in [-0.15, -0.1) is 0 Å². The van der Waals surface area contributed by atoms with Gasteiger partial charge >= 0.3 is 12.0 Å². The van der Waals surface area contributed by atoms with Gasteiger partial charge in [-0.1, -0.05) is 13.0 Å². The number of halogens is 1. The number of amides is 2. The van der Waals surface area contributed by atoms with E-state index in [1.165, 1.54) is 21.9 Å². The van der Waals surface area contributed by atoms with Crippen LogP contribution in [-0.4, -0.2) is 41.6 Å². The minimum absolute atomic E-state index is 0.145. The number of carboxylic acids is 1. The molecule has 1 aliphatic heterocycles. The molecule has 0 radical (unpaired) electrons. The Kier molecular flexibility index (Phi) is 4.45. The lowest BCUT2D eigenvalue weighted by Crippen LogP contribution is -2.45. The molecule has 0 bridgehead atoms. The van der Waals surface area contributed by atoms with Crippen LogP contribution >= 0.6 is 0 Å². The molecule has 1 atom stereocenters. The standard InChI is InChI=1S/C15H19FN2O3/c1-3-17(9-10(2)14(19)20)15(21)18-7-6-11-4-5-12(16)8-13(11)18/h4-5,8,10H,3,6-7,9H2,1-2H3,(H,19,20). The van der Waals surface area contributed by atoms with Crippen LogP contribution < -0.4 is 4.90 Å². The number of aliphatic carboxylic acids is 1. The summed E-state index contributed by atoms with van der Waals surface area (Å²) in [6.07, 6.45) is 0.688. The average molecular weight is 294 g/mol. The van der Waals surface area contributed by atoms with E-state index in [9.17, 15) is 14.0 Å². The summed E-state index contributed by atoms with van der Waals surface area (Å²) in [6, 6.07) is 4.16. The maximum atomic E-state index is 13.4. The number of rotatable bonds is 4. The van der Waals surface area contributed by atoms with Crippen LogP contribution in [0.3, 0.4) is 0 Å². The first-order valence-corrected chi connectivity index (χ1v) is 7.01. The van der Waals surface area contributed by atoms with E-state index in [1.807, 2.05) is 0 Å². The molecule has 21 heavy (non-hydrogen) atoms. The Morgan fingerprint density at radius 1 is 1.48 bits per heavy atom. The first-order valence-electron chi connectivity index (χ1n) is 7.01. The van der Waals surface area contributed by atoms with Crippen molar-refractivity contribution in [1.82, 2.24) is 4.90 Å². The summed E-state index contributed by atoms with van der Waals surface area (Å²) in [5.74, 6) is -1.95. The van der Waals surface area contributed by atoms with E-state index >= 15 is 0 Å². The molecular formula is C15H19FN2O3. The zero-order valence-corrected chi connectivity index (χ0v) is 12.2. The van der Waals surface area contributed by atoms with Crippen molar-refractivity contribution >= 4 is 17.7 Å². The van der Waals surface area contributed by atoms with E-state index in [2.05, 4.69) is 0 Å². The van der Waals surface area contributed by atoms with Gasteiger partial charge in [-0.05, 0) is 31.0 Å². The third-order valence-electron chi connectivity index (χ3n) is 3.74. The third-order valence-corrected chi connectivity index (χ3v) is 3.74. The Morgan fingerprint density at radius 2 is 2.19 bits per heavy atom. The molecule has 0 aromatic heterocycles. The van der Waals surface area contributed by atoms with Crippen molar-refractivity contribution in [2.24, 2.45) is 5.92 Å². The molecule has 1 aliphatic rings. The number of urea groups is 1. The van der Waals surface area contributed by atoms with Crippen LogP contribution in [0.1, 0.15) is 19.4 Å². The average Bonchev–Trinajstić information content (AvgIpc) is 2.86. The zero-order chi connectivity index (χ0) is 15.6. The van der Waals surface area contributed by atoms with Crippen LogP contribution in [0, 0.1) is 11.7 Å². The third kappa shape index (κ3) is 3.15. The molecule has 0 saturated heterocycles. The normalized spacial score (nSPS) is 14.7. The molecule has 0 saturated carbocycles. The number of carbonyl (C=O) groups is 2. The first-order chi connectivity index (χ1) is 9.93. The van der Waals surface area contributed by atoms with Crippen molar-refractivity contribution in [3.63, 3.8) is 0 Å². The van der Waals surface area contributed by atoms with E-state index in [4.69, 9.17) is 5.11 Å². The molecule has 2 rings (SSSR count). The Labute approximate surface area is 123 Å². The molecule has 1 N–H and O–H groups in total. The van der Waals surface area contributed by atoms with Gasteiger partial charge in [0.15, 0.2) is 0 Å². The van der Waals surface area contributed by atoms with Crippen molar-refractivity contribution in [3.8, 4) is 0 Å². The van der Waals surface area contributed by atoms with Gasteiger partial charge in [0.2, 0.25) is 0 Å². The number of hydrogen-bond acceptors (Lipinski definition) is 2. The highest BCUT2D eigenvalue weighted by atomic mass is 19.1. The van der Waals surface area contributed by atoms with E-state index in [0.717, 1.165) is 5.56 Å². The van der Waals surface area contributed by atoms with Crippen molar-refractivity contribution < 1.29 is 19.1 Å². The summed E-state index contributed by atoms with van der Waals surface area (Å²) in [5.41, 5.74) is 1.52. The van der Waals surface area contributed by atoms with E-state index in [1.54, 1.807) is 19.9 Å². The number of hydrogen-bond donors (Lipinski definition) is 1. The second-order valence-corrected chi connectivity index (χ2v) is 5.24. The van der Waals surface area contributed by atoms with Gasteiger partial charge in [0.1, 0.15) is 5.82 Å². The largest absolute Gasteiger partial charge is 0.481 e. The molecule has 1 aromatic carbocycles. The van der Waals surface area contributed by atoms with Crippen LogP contribution in [0.15, 0.2) is 18.2 Å². The number of benzene rings is 1. The molecule has 1 aromatic rings. The molecular weight excluding hydrogens is 275 g/mol. The van der Waals surface area contributed by atoms with Crippen LogP contribution in [0.5, 0.6) is 0 Å². The Hall–Kier alpha value is -2.11. The predicted molar refractivity (Wildman–Crippen MR) is 76.9 cm³/mol. The quantitative estimate of drug-likeness (QED) is 0.927. The molecule has 6 heteroatoms. The van der Waals surface area contributed by atoms with Crippen molar-refractivity contribution in [3.05, 3.63) is 29.6 Å². The van der Waals surface area contributed by atoms with E-state index in [-0.39, 0.29) is 18.4 Å². The summed E-state index contributed by atoms with van der Waals surface area (Å²) in [7, 11) is 0. The predicted octanol–water partition coefficient (Wildman–Crippen LogP) is 2.35. The Balaban J connectivity index is 2.17. The second kappa shape index (κ2) is 6.11. The SMILES string of the molecule is CCN(CC(C)C(=O)O)C(=O)N1CCc2ccc(F)cc21. The molecule has 1 unspecified atom stereocenters. The van der Waals surface area contributed by atoms with Crippen LogP contribution in [0.2, 0.25) is 0 Å². The highest BCUT2D eigenvalue weighted by Gasteiger charge is 2.29. The van der Waals surface area contributed by atoms with Gasteiger partial charge in [-0.3, -0.25) is 9.69 Å². The van der Waals surface area contributed by atoms with Crippen LogP contribution in [0.25, 0.3) is 0 Å². The summed E-state index contributed by atoms with van der Waals surface area (Å²) < 4.78 is 13.4. The van der Waals surface area contributed by atoms with Crippen molar-refractivity contribution in [1.29, 1.82) is 0 Å². The van der Waals surface area contributed by atoms with Crippen LogP contribution in [-0.2, 0) is 11.2 Å². The summed E-state index contributed by atoms with van der Waals surface area (Å²) in [5, 5.41) is 8.97. The lowest BCUT2D eigenvalue weighted by atomic mass is 10.1. The topological polar surface area (TPSA) is 60.9 Å². The van der Waals surface area contributed by atoms with Crippen molar-refractivity contribution in [2.75, 3.05) is 24.5 Å². The Morgan fingerprint density at radius 3 is 2.81 bits per heavy atom. The maximum Gasteiger partial charge on any atom is 0.324 e. The van der Waals surface area contributed by atoms with Crippen molar-refractivity contribution in [2.45, 2.75) is 20.3 Å².